The maximum Gasteiger partial charge on any atom is 0.251 e. The molecule has 1 aromatic carbocycles. The predicted octanol–water partition coefficient (Wildman–Crippen LogP) is 2.88. The molecule has 0 fully saturated rings. The Bertz CT molecular complexity index is 551. The monoisotopic (exact) mass is 252 g/mol. The summed E-state index contributed by atoms with van der Waals surface area (Å²) in [4.78, 5) is 19.1. The summed E-state index contributed by atoms with van der Waals surface area (Å²) in [6.07, 6.45) is 0. The summed E-state index contributed by atoms with van der Waals surface area (Å²) in [6, 6.07) is 8.84. The number of hydrogen-bond acceptors (Lipinski definition) is 3. The molecule has 0 unspecified atom stereocenters. The molecule has 5 heteroatoms. The summed E-state index contributed by atoms with van der Waals surface area (Å²) in [5.74, 6) is 0. The first-order valence-electron chi connectivity index (χ1n) is 4.65. The molecule has 2 rings (SSSR count). The summed E-state index contributed by atoms with van der Waals surface area (Å²) in [7, 11) is 0. The zero-order chi connectivity index (χ0) is 11.5. The summed E-state index contributed by atoms with van der Waals surface area (Å²) in [5, 5.41) is 1.28. The number of hydrogen-bond donors (Lipinski definition) is 1. The molecule has 0 saturated carbocycles. The lowest BCUT2D eigenvalue weighted by molar-refractivity contribution is 0.905. The Morgan fingerprint density at radius 3 is 2.62 bits per heavy atom. The highest BCUT2D eigenvalue weighted by Crippen LogP contribution is 2.24. The lowest BCUT2D eigenvalue weighted by Gasteiger charge is -2.01. The molecule has 0 aliphatic carbocycles. The Labute approximate surface area is 102 Å². The molecule has 0 radical (unpaired) electrons. The van der Waals surface area contributed by atoms with Gasteiger partial charge in [-0.2, -0.15) is 0 Å². The van der Waals surface area contributed by atoms with Crippen LogP contribution in [0.1, 0.15) is 5.69 Å². The van der Waals surface area contributed by atoms with Crippen molar-refractivity contribution in [2.75, 3.05) is 0 Å². The molecule has 0 bridgehead atoms. The standard InChI is InChI=1S/C11H9ClN2OS/c1-7-6-10(15)14-11(13-7)16-9-4-2-8(12)3-5-9/h2-6H,1H3,(H,13,14,15). The van der Waals surface area contributed by atoms with Gasteiger partial charge in [0.1, 0.15) is 0 Å². The van der Waals surface area contributed by atoms with Gasteiger partial charge in [-0.1, -0.05) is 23.4 Å². The lowest BCUT2D eigenvalue weighted by Crippen LogP contribution is -2.07. The zero-order valence-electron chi connectivity index (χ0n) is 8.53. The number of benzene rings is 1. The average molecular weight is 253 g/mol. The van der Waals surface area contributed by atoms with Gasteiger partial charge < -0.3 is 4.98 Å². The number of nitrogens with zero attached hydrogens (tertiary/aromatic N) is 1. The first kappa shape index (κ1) is 11.2. The van der Waals surface area contributed by atoms with Crippen LogP contribution in [0.3, 0.4) is 0 Å². The minimum absolute atomic E-state index is 0.135. The number of aromatic nitrogens is 2. The van der Waals surface area contributed by atoms with Gasteiger partial charge in [0, 0.05) is 21.7 Å². The third-order valence-electron chi connectivity index (χ3n) is 1.88. The first-order valence-corrected chi connectivity index (χ1v) is 5.84. The van der Waals surface area contributed by atoms with E-state index in [2.05, 4.69) is 9.97 Å². The molecule has 0 atom stereocenters. The number of nitrogens with one attached hydrogen (secondary N) is 1. The van der Waals surface area contributed by atoms with Gasteiger partial charge in [-0.15, -0.1) is 0 Å². The second-order valence-corrected chi connectivity index (χ2v) is 4.75. The minimum atomic E-state index is -0.135. The molecule has 0 spiro atoms. The van der Waals surface area contributed by atoms with Crippen LogP contribution in [0.5, 0.6) is 0 Å². The van der Waals surface area contributed by atoms with Crippen LogP contribution in [0.4, 0.5) is 0 Å². The fourth-order valence-corrected chi connectivity index (χ4v) is 2.18. The van der Waals surface area contributed by atoms with Crippen molar-refractivity contribution in [3.63, 3.8) is 0 Å². The third kappa shape index (κ3) is 2.87. The number of aryl methyl sites for hydroxylation is 1. The van der Waals surface area contributed by atoms with Crippen molar-refractivity contribution < 1.29 is 0 Å². The largest absolute Gasteiger partial charge is 0.301 e. The number of H-pyrrole nitrogens is 1. The van der Waals surface area contributed by atoms with E-state index in [1.807, 2.05) is 12.1 Å². The quantitative estimate of drug-likeness (QED) is 0.836. The number of aromatic amines is 1. The molecule has 1 N–H and O–H groups in total. The summed E-state index contributed by atoms with van der Waals surface area (Å²) in [6.45, 7) is 1.79. The molecule has 0 saturated heterocycles. The maximum atomic E-state index is 11.2. The second kappa shape index (κ2) is 4.72. The van der Waals surface area contributed by atoms with Gasteiger partial charge in [-0.05, 0) is 31.2 Å². The molecule has 3 nitrogen and oxygen atoms in total. The fraction of sp³-hybridized carbons (Fsp3) is 0.0909. The van der Waals surface area contributed by atoms with E-state index in [0.29, 0.717) is 15.9 Å². The molecule has 1 aromatic heterocycles. The second-order valence-electron chi connectivity index (χ2n) is 3.25. The van der Waals surface area contributed by atoms with Crippen LogP contribution in [0.15, 0.2) is 45.2 Å². The maximum absolute atomic E-state index is 11.2. The third-order valence-corrected chi connectivity index (χ3v) is 3.02. The molecule has 0 amide bonds. The number of halogens is 1. The van der Waals surface area contributed by atoms with Gasteiger partial charge in [-0.25, -0.2) is 4.98 Å². The topological polar surface area (TPSA) is 45.8 Å². The van der Waals surface area contributed by atoms with Gasteiger partial charge in [-0.3, -0.25) is 4.79 Å². The van der Waals surface area contributed by atoms with E-state index in [9.17, 15) is 4.79 Å². The molecule has 0 aliphatic rings. The molecule has 0 aliphatic heterocycles. The molecular weight excluding hydrogens is 244 g/mol. The predicted molar refractivity (Wildman–Crippen MR) is 65.2 cm³/mol. The van der Waals surface area contributed by atoms with Gasteiger partial charge in [0.2, 0.25) is 0 Å². The van der Waals surface area contributed by atoms with Gasteiger partial charge in [0.25, 0.3) is 5.56 Å². The van der Waals surface area contributed by atoms with E-state index in [4.69, 9.17) is 11.6 Å². The lowest BCUT2D eigenvalue weighted by atomic mass is 10.4. The van der Waals surface area contributed by atoms with Crippen LogP contribution in [-0.2, 0) is 0 Å². The molecule has 82 valence electrons. The summed E-state index contributed by atoms with van der Waals surface area (Å²) < 4.78 is 0. The minimum Gasteiger partial charge on any atom is -0.301 e. The highest BCUT2D eigenvalue weighted by Gasteiger charge is 2.01. The smallest absolute Gasteiger partial charge is 0.251 e. The molecule has 16 heavy (non-hydrogen) atoms. The van der Waals surface area contributed by atoms with E-state index in [1.165, 1.54) is 17.8 Å². The van der Waals surface area contributed by atoms with Gasteiger partial charge in [0.05, 0.1) is 0 Å². The van der Waals surface area contributed by atoms with Crippen LogP contribution < -0.4 is 5.56 Å². The van der Waals surface area contributed by atoms with Crippen LogP contribution >= 0.6 is 23.4 Å². The average Bonchev–Trinajstić information content (AvgIpc) is 2.20. The van der Waals surface area contributed by atoms with Crippen molar-refractivity contribution >= 4 is 23.4 Å². The van der Waals surface area contributed by atoms with E-state index < -0.39 is 0 Å². The fourth-order valence-electron chi connectivity index (χ4n) is 1.21. The van der Waals surface area contributed by atoms with Gasteiger partial charge >= 0.3 is 0 Å². The number of rotatable bonds is 2. The summed E-state index contributed by atoms with van der Waals surface area (Å²) in [5.41, 5.74) is 0.573. The van der Waals surface area contributed by atoms with Crippen molar-refractivity contribution in [3.8, 4) is 0 Å². The van der Waals surface area contributed by atoms with Gasteiger partial charge in [0.15, 0.2) is 5.16 Å². The van der Waals surface area contributed by atoms with E-state index in [1.54, 1.807) is 19.1 Å². The Morgan fingerprint density at radius 1 is 1.31 bits per heavy atom. The first-order chi connectivity index (χ1) is 7.63. The van der Waals surface area contributed by atoms with E-state index in [-0.39, 0.29) is 5.56 Å². The van der Waals surface area contributed by atoms with Crippen LogP contribution in [0, 0.1) is 6.92 Å². The van der Waals surface area contributed by atoms with Crippen molar-refractivity contribution in [2.24, 2.45) is 0 Å². The van der Waals surface area contributed by atoms with Crippen molar-refractivity contribution in [1.29, 1.82) is 0 Å². The van der Waals surface area contributed by atoms with Crippen LogP contribution in [-0.4, -0.2) is 9.97 Å². The molecule has 1 heterocycles. The highest BCUT2D eigenvalue weighted by molar-refractivity contribution is 7.99. The zero-order valence-corrected chi connectivity index (χ0v) is 10.1. The molecular formula is C11H9ClN2OS. The Hall–Kier alpha value is -1.26. The van der Waals surface area contributed by atoms with Crippen molar-refractivity contribution in [3.05, 3.63) is 51.4 Å². The van der Waals surface area contributed by atoms with Crippen LogP contribution in [0.25, 0.3) is 0 Å². The van der Waals surface area contributed by atoms with Crippen LogP contribution in [0.2, 0.25) is 5.02 Å². The normalized spacial score (nSPS) is 10.4. The van der Waals surface area contributed by atoms with Crippen molar-refractivity contribution in [1.82, 2.24) is 9.97 Å². The highest BCUT2D eigenvalue weighted by atomic mass is 35.5. The Balaban J connectivity index is 2.26. The van der Waals surface area contributed by atoms with E-state index in [0.717, 1.165) is 4.90 Å². The summed E-state index contributed by atoms with van der Waals surface area (Å²) >= 11 is 7.18. The molecule has 2 aromatic rings. The Morgan fingerprint density at radius 2 is 2.00 bits per heavy atom. The van der Waals surface area contributed by atoms with Crippen molar-refractivity contribution in [2.45, 2.75) is 17.0 Å². The SMILES string of the molecule is Cc1cc(=O)[nH]c(Sc2ccc(Cl)cc2)n1. The van der Waals surface area contributed by atoms with E-state index >= 15 is 0 Å². The Kier molecular flexibility index (Phi) is 3.31.